The molecule has 3 nitrogen and oxygen atoms in total. The zero-order valence-corrected chi connectivity index (χ0v) is 12.5. The number of rotatable bonds is 3. The summed E-state index contributed by atoms with van der Waals surface area (Å²) in [7, 11) is 6.73. The fraction of sp³-hybridized carbons (Fsp3) is 1.00. The highest BCUT2D eigenvalue weighted by Gasteiger charge is 2.33. The lowest BCUT2D eigenvalue weighted by molar-refractivity contribution is 0.0691. The van der Waals surface area contributed by atoms with Gasteiger partial charge in [0, 0.05) is 31.7 Å². The summed E-state index contributed by atoms with van der Waals surface area (Å²) in [6.45, 7) is 3.65. The molecule has 1 aliphatic heterocycles. The highest BCUT2D eigenvalue weighted by atomic mass is 15.3. The van der Waals surface area contributed by atoms with Gasteiger partial charge in [0.15, 0.2) is 0 Å². The topological polar surface area (TPSA) is 18.5 Å². The number of nitrogens with one attached hydrogen (secondary N) is 1. The summed E-state index contributed by atoms with van der Waals surface area (Å²) in [6, 6.07) is 1.37. The van der Waals surface area contributed by atoms with Gasteiger partial charge in [-0.1, -0.05) is 25.7 Å². The molecule has 2 fully saturated rings. The van der Waals surface area contributed by atoms with Gasteiger partial charge in [-0.15, -0.1) is 0 Å². The van der Waals surface area contributed by atoms with E-state index in [1.807, 2.05) is 0 Å². The van der Waals surface area contributed by atoms with Crippen molar-refractivity contribution in [2.75, 3.05) is 40.8 Å². The predicted molar refractivity (Wildman–Crippen MR) is 78.0 cm³/mol. The molecule has 2 unspecified atom stereocenters. The van der Waals surface area contributed by atoms with Gasteiger partial charge in [-0.3, -0.25) is 4.90 Å². The fourth-order valence-electron chi connectivity index (χ4n) is 3.84. The lowest BCUT2D eigenvalue weighted by Crippen LogP contribution is -2.60. The van der Waals surface area contributed by atoms with E-state index >= 15 is 0 Å². The molecule has 1 saturated carbocycles. The Bertz CT molecular complexity index is 236. The zero-order valence-electron chi connectivity index (χ0n) is 12.5. The van der Waals surface area contributed by atoms with Gasteiger partial charge in [0.2, 0.25) is 0 Å². The first kappa shape index (κ1) is 14.3. The Hall–Kier alpha value is -0.120. The third-order valence-electron chi connectivity index (χ3n) is 5.05. The number of piperazine rings is 1. The Kier molecular flexibility index (Phi) is 5.46. The van der Waals surface area contributed by atoms with Gasteiger partial charge < -0.3 is 10.2 Å². The van der Waals surface area contributed by atoms with E-state index in [4.69, 9.17) is 0 Å². The molecule has 2 aliphatic rings. The molecule has 0 amide bonds. The van der Waals surface area contributed by atoms with Crippen LogP contribution in [0.2, 0.25) is 0 Å². The molecule has 0 spiro atoms. The van der Waals surface area contributed by atoms with Gasteiger partial charge in [0.25, 0.3) is 0 Å². The van der Waals surface area contributed by atoms with Crippen LogP contribution in [0.5, 0.6) is 0 Å². The highest BCUT2D eigenvalue weighted by Crippen LogP contribution is 2.28. The Balaban J connectivity index is 2.00. The molecule has 18 heavy (non-hydrogen) atoms. The second kappa shape index (κ2) is 6.88. The minimum absolute atomic E-state index is 0.677. The van der Waals surface area contributed by atoms with Crippen LogP contribution in [-0.4, -0.2) is 62.7 Å². The Labute approximate surface area is 113 Å². The van der Waals surface area contributed by atoms with Gasteiger partial charge in [0.1, 0.15) is 0 Å². The minimum atomic E-state index is 0.677. The van der Waals surface area contributed by atoms with E-state index < -0.39 is 0 Å². The smallest absolute Gasteiger partial charge is 0.0376 e. The molecule has 106 valence electrons. The van der Waals surface area contributed by atoms with Gasteiger partial charge >= 0.3 is 0 Å². The van der Waals surface area contributed by atoms with E-state index in [1.54, 1.807) is 0 Å². The van der Waals surface area contributed by atoms with Gasteiger partial charge in [-0.05, 0) is 39.9 Å². The summed E-state index contributed by atoms with van der Waals surface area (Å²) < 4.78 is 0. The van der Waals surface area contributed by atoms with Crippen LogP contribution in [-0.2, 0) is 0 Å². The van der Waals surface area contributed by atoms with Gasteiger partial charge in [-0.2, -0.15) is 0 Å². The molecular weight excluding hydrogens is 222 g/mol. The molecule has 3 heteroatoms. The molecule has 2 rings (SSSR count). The number of hydrogen-bond donors (Lipinski definition) is 1. The third kappa shape index (κ3) is 3.46. The maximum absolute atomic E-state index is 3.65. The first-order valence-electron chi connectivity index (χ1n) is 7.78. The summed E-state index contributed by atoms with van der Waals surface area (Å²) in [4.78, 5) is 5.07. The lowest BCUT2D eigenvalue weighted by atomic mass is 9.85. The quantitative estimate of drug-likeness (QED) is 0.774. The first-order valence-corrected chi connectivity index (χ1v) is 7.78. The largest absolute Gasteiger partial charge is 0.315 e. The Morgan fingerprint density at radius 2 is 1.67 bits per heavy atom. The molecule has 0 aromatic rings. The van der Waals surface area contributed by atoms with E-state index in [-0.39, 0.29) is 0 Å². The Morgan fingerprint density at radius 1 is 1.00 bits per heavy atom. The molecule has 1 heterocycles. The van der Waals surface area contributed by atoms with Crippen LogP contribution in [0.4, 0.5) is 0 Å². The van der Waals surface area contributed by atoms with Crippen molar-refractivity contribution in [2.24, 2.45) is 5.92 Å². The van der Waals surface area contributed by atoms with Crippen LogP contribution < -0.4 is 5.32 Å². The van der Waals surface area contributed by atoms with Crippen LogP contribution in [0.25, 0.3) is 0 Å². The van der Waals surface area contributed by atoms with Crippen molar-refractivity contribution in [1.82, 2.24) is 15.1 Å². The summed E-state index contributed by atoms with van der Waals surface area (Å²) in [5, 5.41) is 3.65. The molecule has 1 N–H and O–H groups in total. The molecule has 0 bridgehead atoms. The van der Waals surface area contributed by atoms with Crippen LogP contribution in [0.3, 0.4) is 0 Å². The summed E-state index contributed by atoms with van der Waals surface area (Å²) in [5.41, 5.74) is 0. The Morgan fingerprint density at radius 3 is 2.28 bits per heavy atom. The normalized spacial score (nSPS) is 31.2. The average molecular weight is 253 g/mol. The fourth-order valence-corrected chi connectivity index (χ4v) is 3.84. The van der Waals surface area contributed by atoms with Crippen molar-refractivity contribution in [3.8, 4) is 0 Å². The molecule has 1 saturated heterocycles. The second-order valence-electron chi connectivity index (χ2n) is 6.38. The molecule has 0 aromatic heterocycles. The van der Waals surface area contributed by atoms with Crippen molar-refractivity contribution < 1.29 is 0 Å². The van der Waals surface area contributed by atoms with Crippen molar-refractivity contribution in [3.05, 3.63) is 0 Å². The van der Waals surface area contributed by atoms with Crippen molar-refractivity contribution in [2.45, 2.75) is 50.6 Å². The van der Waals surface area contributed by atoms with Crippen LogP contribution in [0, 0.1) is 5.92 Å². The SMILES string of the molecule is CNC(C1CCCCCC1)C1CN(C)CCN1C. The summed E-state index contributed by atoms with van der Waals surface area (Å²) in [5.74, 6) is 0.886. The zero-order chi connectivity index (χ0) is 13.0. The maximum Gasteiger partial charge on any atom is 0.0376 e. The van der Waals surface area contributed by atoms with Crippen LogP contribution in [0.1, 0.15) is 38.5 Å². The summed E-state index contributed by atoms with van der Waals surface area (Å²) >= 11 is 0. The van der Waals surface area contributed by atoms with Crippen LogP contribution >= 0.6 is 0 Å². The maximum atomic E-state index is 3.65. The number of hydrogen-bond acceptors (Lipinski definition) is 3. The highest BCUT2D eigenvalue weighted by molar-refractivity contribution is 4.92. The predicted octanol–water partition coefficient (Wildman–Crippen LogP) is 1.79. The average Bonchev–Trinajstić information content (AvgIpc) is 2.64. The van der Waals surface area contributed by atoms with Gasteiger partial charge in [-0.25, -0.2) is 0 Å². The molecular formula is C15H31N3. The minimum Gasteiger partial charge on any atom is -0.315 e. The van der Waals surface area contributed by atoms with E-state index in [0.29, 0.717) is 12.1 Å². The standard InChI is InChI=1S/C15H31N3/c1-16-15(13-8-6-4-5-7-9-13)14-12-17(2)10-11-18(14)3/h13-16H,4-12H2,1-3H3. The van der Waals surface area contributed by atoms with E-state index in [1.165, 1.54) is 58.2 Å². The summed E-state index contributed by atoms with van der Waals surface area (Å²) in [6.07, 6.45) is 8.64. The third-order valence-corrected chi connectivity index (χ3v) is 5.05. The number of nitrogens with zero attached hydrogens (tertiary/aromatic N) is 2. The van der Waals surface area contributed by atoms with Gasteiger partial charge in [0.05, 0.1) is 0 Å². The van der Waals surface area contributed by atoms with E-state index in [2.05, 4.69) is 36.3 Å². The number of likely N-dealkylation sites (N-methyl/N-ethyl adjacent to an activating group) is 3. The molecule has 2 atom stereocenters. The van der Waals surface area contributed by atoms with Crippen molar-refractivity contribution in [1.29, 1.82) is 0 Å². The first-order chi connectivity index (χ1) is 8.72. The van der Waals surface area contributed by atoms with E-state index in [9.17, 15) is 0 Å². The molecule has 0 radical (unpaired) electrons. The van der Waals surface area contributed by atoms with Crippen molar-refractivity contribution in [3.63, 3.8) is 0 Å². The molecule has 1 aliphatic carbocycles. The van der Waals surface area contributed by atoms with E-state index in [0.717, 1.165) is 5.92 Å². The molecule has 0 aromatic carbocycles. The van der Waals surface area contributed by atoms with Crippen LogP contribution in [0.15, 0.2) is 0 Å². The monoisotopic (exact) mass is 253 g/mol. The lowest BCUT2D eigenvalue weighted by Gasteiger charge is -2.44. The van der Waals surface area contributed by atoms with Crippen molar-refractivity contribution >= 4 is 0 Å². The second-order valence-corrected chi connectivity index (χ2v) is 6.38.